The lowest BCUT2D eigenvalue weighted by atomic mass is 10.00. The molecule has 37 heavy (non-hydrogen) atoms. The second kappa shape index (κ2) is 10.0. The number of methoxy groups -OCH3 is 1. The third-order valence-corrected chi connectivity index (χ3v) is 7.59. The number of anilines is 2. The molecular weight excluding hydrogens is 559 g/mol. The summed E-state index contributed by atoms with van der Waals surface area (Å²) in [5.41, 5.74) is -1.56. The van der Waals surface area contributed by atoms with E-state index in [1.54, 1.807) is 0 Å². The lowest BCUT2D eigenvalue weighted by Crippen LogP contribution is -2.23. The highest BCUT2D eigenvalue weighted by atomic mass is 35.5. The highest BCUT2D eigenvalue weighted by molar-refractivity contribution is 6.54. The van der Waals surface area contributed by atoms with Crippen LogP contribution in [0, 0.1) is 28.7 Å². The molecule has 1 fully saturated rings. The molecule has 3 aromatic carbocycles. The minimum Gasteiger partial charge on any atom is -0.493 e. The van der Waals surface area contributed by atoms with Crippen LogP contribution in [-0.4, -0.2) is 30.2 Å². The first-order valence-electron chi connectivity index (χ1n) is 10.6. The van der Waals surface area contributed by atoms with E-state index in [9.17, 15) is 27.2 Å². The Balaban J connectivity index is 1.60. The number of nitrogens with one attached hydrogen (secondary N) is 2. The molecule has 0 aromatic heterocycles. The SMILES string of the molecule is COc1c(F)cc(NCC2(C=O)C(c3ccc(F)c(Cl)c3)C2(Cl)Cl)cc1C(=O)Nc1ccc(F)cc1F. The number of ether oxygens (including phenoxy) is 1. The molecule has 0 aliphatic heterocycles. The van der Waals surface area contributed by atoms with Gasteiger partial charge in [0.05, 0.1) is 28.8 Å². The normalized spacial score (nSPS) is 19.7. The van der Waals surface area contributed by atoms with Gasteiger partial charge in [-0.2, -0.15) is 0 Å². The molecule has 2 unspecified atom stereocenters. The number of carbonyl (C=O) groups excluding carboxylic acids is 2. The summed E-state index contributed by atoms with van der Waals surface area (Å²) in [6, 6.07) is 8.61. The highest BCUT2D eigenvalue weighted by Crippen LogP contribution is 2.73. The minimum absolute atomic E-state index is 0.0520. The molecule has 0 bridgehead atoms. The molecule has 0 spiro atoms. The topological polar surface area (TPSA) is 67.4 Å². The molecule has 1 saturated carbocycles. The first-order valence-corrected chi connectivity index (χ1v) is 11.8. The zero-order valence-electron chi connectivity index (χ0n) is 18.9. The van der Waals surface area contributed by atoms with Crippen molar-refractivity contribution in [3.63, 3.8) is 0 Å². The van der Waals surface area contributed by atoms with E-state index in [0.717, 1.165) is 31.4 Å². The number of carbonyl (C=O) groups is 2. The Morgan fingerprint density at radius 2 is 1.76 bits per heavy atom. The predicted octanol–water partition coefficient (Wildman–Crippen LogP) is 6.73. The Bertz CT molecular complexity index is 1410. The molecule has 2 N–H and O–H groups in total. The average Bonchev–Trinajstić information content (AvgIpc) is 3.35. The molecule has 2 atom stereocenters. The monoisotopic (exact) mass is 574 g/mol. The fourth-order valence-corrected chi connectivity index (χ4v) is 5.35. The maximum Gasteiger partial charge on any atom is 0.259 e. The van der Waals surface area contributed by atoms with Gasteiger partial charge in [0.15, 0.2) is 11.6 Å². The van der Waals surface area contributed by atoms with Gasteiger partial charge in [-0.25, -0.2) is 17.6 Å². The third kappa shape index (κ3) is 4.83. The van der Waals surface area contributed by atoms with Crippen molar-refractivity contribution in [3.8, 4) is 5.75 Å². The molecule has 3 aromatic rings. The molecule has 0 saturated heterocycles. The van der Waals surface area contributed by atoms with Crippen molar-refractivity contribution >= 4 is 58.4 Å². The fourth-order valence-electron chi connectivity index (χ4n) is 4.18. The van der Waals surface area contributed by atoms with Crippen LogP contribution in [0.1, 0.15) is 21.8 Å². The zero-order chi connectivity index (χ0) is 27.1. The quantitative estimate of drug-likeness (QED) is 0.178. The number of amides is 1. The van der Waals surface area contributed by atoms with Crippen molar-refractivity contribution in [2.24, 2.45) is 5.41 Å². The molecule has 5 nitrogen and oxygen atoms in total. The van der Waals surface area contributed by atoms with Crippen LogP contribution in [-0.2, 0) is 4.79 Å². The number of benzene rings is 3. The van der Waals surface area contributed by atoms with Crippen LogP contribution >= 0.6 is 34.8 Å². The average molecular weight is 576 g/mol. The van der Waals surface area contributed by atoms with E-state index >= 15 is 0 Å². The van der Waals surface area contributed by atoms with Gasteiger partial charge < -0.3 is 20.2 Å². The van der Waals surface area contributed by atoms with Crippen LogP contribution in [0.4, 0.5) is 28.9 Å². The number of hydrogen-bond acceptors (Lipinski definition) is 4. The summed E-state index contributed by atoms with van der Waals surface area (Å²) in [4.78, 5) is 24.9. The summed E-state index contributed by atoms with van der Waals surface area (Å²) in [5.74, 6) is -5.59. The lowest BCUT2D eigenvalue weighted by molar-refractivity contribution is -0.112. The van der Waals surface area contributed by atoms with Gasteiger partial charge in [-0.1, -0.05) is 40.9 Å². The molecule has 194 valence electrons. The Hall–Kier alpha value is -3.01. The van der Waals surface area contributed by atoms with Crippen LogP contribution in [0.2, 0.25) is 5.02 Å². The highest BCUT2D eigenvalue weighted by Gasteiger charge is 2.76. The van der Waals surface area contributed by atoms with Gasteiger partial charge in [0.1, 0.15) is 28.1 Å². The Kier molecular flexibility index (Phi) is 7.34. The molecule has 0 radical (unpaired) electrons. The maximum absolute atomic E-state index is 14.8. The van der Waals surface area contributed by atoms with Gasteiger partial charge >= 0.3 is 0 Å². The Morgan fingerprint density at radius 3 is 2.38 bits per heavy atom. The standard InChI is InChI=1S/C25H17Cl3F4N2O3/c1-37-21-15(23(36)34-20-5-3-13(29)7-18(20)31)8-14(9-19(21)32)33-10-24(11-35)22(25(24,27)28)12-2-4-17(30)16(26)6-12/h2-9,11,22,33H,10H2,1H3,(H,34,36). The molecule has 12 heteroatoms. The summed E-state index contributed by atoms with van der Waals surface area (Å²) in [7, 11) is 1.14. The number of aldehydes is 1. The second-order valence-electron chi connectivity index (χ2n) is 8.36. The van der Waals surface area contributed by atoms with Crippen LogP contribution in [0.5, 0.6) is 5.75 Å². The number of rotatable bonds is 8. The number of hydrogen-bond donors (Lipinski definition) is 2. The van der Waals surface area contributed by atoms with Gasteiger partial charge in [0.25, 0.3) is 5.91 Å². The zero-order valence-corrected chi connectivity index (χ0v) is 21.1. The maximum atomic E-state index is 14.8. The van der Waals surface area contributed by atoms with Crippen LogP contribution in [0.25, 0.3) is 0 Å². The van der Waals surface area contributed by atoms with E-state index in [1.165, 1.54) is 18.2 Å². The van der Waals surface area contributed by atoms with Gasteiger partial charge in [-0.15, -0.1) is 0 Å². The number of halogens is 7. The second-order valence-corrected chi connectivity index (χ2v) is 10.2. The van der Waals surface area contributed by atoms with Crippen LogP contribution in [0.3, 0.4) is 0 Å². The van der Waals surface area contributed by atoms with E-state index < -0.39 is 50.6 Å². The van der Waals surface area contributed by atoms with Gasteiger partial charge in [-0.05, 0) is 35.9 Å². The number of alkyl halides is 2. The first-order chi connectivity index (χ1) is 17.4. The van der Waals surface area contributed by atoms with Crippen molar-refractivity contribution in [2.45, 2.75) is 10.3 Å². The van der Waals surface area contributed by atoms with Crippen molar-refractivity contribution in [3.05, 3.63) is 87.9 Å². The van der Waals surface area contributed by atoms with Gasteiger partial charge in [-0.3, -0.25) is 4.79 Å². The molecule has 4 rings (SSSR count). The minimum atomic E-state index is -1.59. The Morgan fingerprint density at radius 1 is 1.03 bits per heavy atom. The third-order valence-electron chi connectivity index (χ3n) is 6.16. The summed E-state index contributed by atoms with van der Waals surface area (Å²) in [6.07, 6.45) is 0.548. The van der Waals surface area contributed by atoms with Crippen molar-refractivity contribution in [2.75, 3.05) is 24.3 Å². The smallest absolute Gasteiger partial charge is 0.259 e. The molecule has 0 heterocycles. The largest absolute Gasteiger partial charge is 0.493 e. The summed E-state index contributed by atoms with van der Waals surface area (Å²) in [5, 5.41) is 4.90. The van der Waals surface area contributed by atoms with Gasteiger partial charge in [0, 0.05) is 30.3 Å². The predicted molar refractivity (Wildman–Crippen MR) is 133 cm³/mol. The molecular formula is C25H17Cl3F4N2O3. The van der Waals surface area contributed by atoms with E-state index in [2.05, 4.69) is 10.6 Å². The van der Waals surface area contributed by atoms with Crippen molar-refractivity contribution < 1.29 is 31.9 Å². The van der Waals surface area contributed by atoms with E-state index in [-0.39, 0.29) is 28.5 Å². The van der Waals surface area contributed by atoms with Crippen molar-refractivity contribution in [1.82, 2.24) is 0 Å². The fraction of sp³-hybridized carbons (Fsp3) is 0.200. The van der Waals surface area contributed by atoms with E-state index in [1.807, 2.05) is 0 Å². The first kappa shape index (κ1) is 27.0. The Labute approximate surface area is 223 Å². The van der Waals surface area contributed by atoms with Crippen LogP contribution < -0.4 is 15.4 Å². The summed E-state index contributed by atoms with van der Waals surface area (Å²) in [6.45, 7) is -0.192. The van der Waals surface area contributed by atoms with Crippen LogP contribution in [0.15, 0.2) is 48.5 Å². The summed E-state index contributed by atoms with van der Waals surface area (Å²) < 4.78 is 59.0. The van der Waals surface area contributed by atoms with Crippen molar-refractivity contribution in [1.29, 1.82) is 0 Å². The molecule has 1 aliphatic carbocycles. The summed E-state index contributed by atoms with van der Waals surface area (Å²) >= 11 is 18.7. The lowest BCUT2D eigenvalue weighted by Gasteiger charge is -2.17. The molecule has 1 amide bonds. The van der Waals surface area contributed by atoms with Gasteiger partial charge in [0.2, 0.25) is 0 Å². The van der Waals surface area contributed by atoms with E-state index in [0.29, 0.717) is 17.9 Å². The molecule has 1 aliphatic rings. The van der Waals surface area contributed by atoms with E-state index in [4.69, 9.17) is 39.5 Å².